The largest absolute Gasteiger partial charge is 0.348 e. The Kier molecular flexibility index (Phi) is 5.51. The summed E-state index contributed by atoms with van der Waals surface area (Å²) in [4.78, 5) is 20.6. The van der Waals surface area contributed by atoms with Crippen molar-refractivity contribution in [3.63, 3.8) is 0 Å². The zero-order valence-corrected chi connectivity index (χ0v) is 13.6. The number of hydrogen-bond acceptors (Lipinski definition) is 5. The quantitative estimate of drug-likeness (QED) is 0.761. The van der Waals surface area contributed by atoms with Crippen LogP contribution in [0.15, 0.2) is 6.33 Å². The molecule has 21 heavy (non-hydrogen) atoms. The minimum atomic E-state index is -2.94. The van der Waals surface area contributed by atoms with Crippen LogP contribution in [-0.4, -0.2) is 66.2 Å². The Labute approximate surface area is 128 Å². The van der Waals surface area contributed by atoms with Crippen molar-refractivity contribution in [3.05, 3.63) is 17.7 Å². The molecule has 0 aromatic carbocycles. The summed E-state index contributed by atoms with van der Waals surface area (Å²) in [5.74, 6) is 1.73. The Morgan fingerprint density at radius 1 is 1.48 bits per heavy atom. The van der Waals surface area contributed by atoms with Gasteiger partial charge in [0, 0.05) is 36.8 Å². The summed E-state index contributed by atoms with van der Waals surface area (Å²) in [7, 11) is -2.94. The van der Waals surface area contributed by atoms with Gasteiger partial charge in [0.15, 0.2) is 9.84 Å². The van der Waals surface area contributed by atoms with Gasteiger partial charge in [0.2, 0.25) is 0 Å². The second-order valence-electron chi connectivity index (χ2n) is 4.90. The standard InChI is InChI=1S/C12H20N4O3S2/c1-10-11(15-9-14-10)8-20-5-2-13-12(17)16-3-6-21(18,19)7-4-16/h9H,2-8H2,1H3,(H,13,17)(H,14,15). The van der Waals surface area contributed by atoms with Gasteiger partial charge in [0.25, 0.3) is 0 Å². The lowest BCUT2D eigenvalue weighted by Crippen LogP contribution is -2.48. The maximum Gasteiger partial charge on any atom is 0.317 e. The molecule has 1 aromatic rings. The summed E-state index contributed by atoms with van der Waals surface area (Å²) in [6.45, 7) is 3.12. The summed E-state index contributed by atoms with van der Waals surface area (Å²) in [6, 6.07) is -0.179. The van der Waals surface area contributed by atoms with E-state index in [9.17, 15) is 13.2 Å². The van der Waals surface area contributed by atoms with Gasteiger partial charge in [-0.25, -0.2) is 18.2 Å². The summed E-state index contributed by atoms with van der Waals surface area (Å²) in [5.41, 5.74) is 2.11. The molecule has 0 unspecified atom stereocenters. The summed E-state index contributed by atoms with van der Waals surface area (Å²) < 4.78 is 22.6. The Balaban J connectivity index is 1.60. The van der Waals surface area contributed by atoms with Gasteiger partial charge in [-0.1, -0.05) is 0 Å². The molecular formula is C12H20N4O3S2. The Morgan fingerprint density at radius 3 is 2.81 bits per heavy atom. The van der Waals surface area contributed by atoms with Crippen molar-refractivity contribution < 1.29 is 13.2 Å². The lowest BCUT2D eigenvalue weighted by molar-refractivity contribution is 0.203. The Hall–Kier alpha value is -1.22. The van der Waals surface area contributed by atoms with E-state index in [0.29, 0.717) is 6.54 Å². The van der Waals surface area contributed by atoms with E-state index in [1.165, 1.54) is 0 Å². The van der Waals surface area contributed by atoms with Crippen molar-refractivity contribution in [2.75, 3.05) is 36.9 Å². The topological polar surface area (TPSA) is 95.2 Å². The third-order valence-electron chi connectivity index (χ3n) is 3.33. The minimum absolute atomic E-state index is 0.0631. The van der Waals surface area contributed by atoms with E-state index in [-0.39, 0.29) is 30.6 Å². The molecular weight excluding hydrogens is 312 g/mol. The number of amides is 2. The first-order valence-corrected chi connectivity index (χ1v) is 9.75. The first kappa shape index (κ1) is 16.2. The number of nitrogens with zero attached hydrogens (tertiary/aromatic N) is 2. The lowest BCUT2D eigenvalue weighted by atomic mass is 10.4. The summed E-state index contributed by atoms with van der Waals surface area (Å²) >= 11 is 1.70. The molecule has 0 saturated carbocycles. The molecule has 9 heteroatoms. The van der Waals surface area contributed by atoms with E-state index in [2.05, 4.69) is 15.3 Å². The molecule has 2 amide bonds. The Morgan fingerprint density at radius 2 is 2.19 bits per heavy atom. The average molecular weight is 332 g/mol. The van der Waals surface area contributed by atoms with E-state index < -0.39 is 9.84 Å². The monoisotopic (exact) mass is 332 g/mol. The van der Waals surface area contributed by atoms with Crippen LogP contribution in [-0.2, 0) is 15.6 Å². The molecule has 1 aromatic heterocycles. The number of rotatable bonds is 5. The van der Waals surface area contributed by atoms with Crippen molar-refractivity contribution in [2.24, 2.45) is 0 Å². The fraction of sp³-hybridized carbons (Fsp3) is 0.667. The summed E-state index contributed by atoms with van der Waals surface area (Å²) in [6.07, 6.45) is 1.68. The van der Waals surface area contributed by atoms with Gasteiger partial charge < -0.3 is 15.2 Å². The van der Waals surface area contributed by atoms with Gasteiger partial charge in [0.05, 0.1) is 23.5 Å². The third-order valence-corrected chi connectivity index (χ3v) is 5.91. The highest BCUT2D eigenvalue weighted by molar-refractivity contribution is 7.98. The summed E-state index contributed by atoms with van der Waals surface area (Å²) in [5, 5.41) is 2.82. The maximum absolute atomic E-state index is 11.8. The molecule has 1 fully saturated rings. The number of aromatic amines is 1. The number of hydrogen-bond donors (Lipinski definition) is 2. The predicted molar refractivity (Wildman–Crippen MR) is 83.1 cm³/mol. The third kappa shape index (κ3) is 4.92. The molecule has 0 spiro atoms. The van der Waals surface area contributed by atoms with Gasteiger partial charge in [-0.15, -0.1) is 0 Å². The van der Waals surface area contributed by atoms with Gasteiger partial charge >= 0.3 is 6.03 Å². The Bertz CT molecular complexity index is 571. The normalized spacial score (nSPS) is 17.7. The highest BCUT2D eigenvalue weighted by Crippen LogP contribution is 2.11. The fourth-order valence-corrected chi connectivity index (χ4v) is 4.04. The highest BCUT2D eigenvalue weighted by Gasteiger charge is 2.24. The SMILES string of the molecule is Cc1[nH]cnc1CSCCNC(=O)N1CCS(=O)(=O)CC1. The van der Waals surface area contributed by atoms with Gasteiger partial charge in [0.1, 0.15) is 0 Å². The maximum atomic E-state index is 11.8. The zero-order valence-electron chi connectivity index (χ0n) is 12.0. The molecule has 2 rings (SSSR count). The number of carbonyl (C=O) groups excluding carboxylic acids is 1. The van der Waals surface area contributed by atoms with Crippen LogP contribution in [0.25, 0.3) is 0 Å². The van der Waals surface area contributed by atoms with Crippen LogP contribution in [0.1, 0.15) is 11.4 Å². The molecule has 0 radical (unpaired) electrons. The number of sulfone groups is 1. The lowest BCUT2D eigenvalue weighted by Gasteiger charge is -2.26. The van der Waals surface area contributed by atoms with Crippen molar-refractivity contribution >= 4 is 27.6 Å². The van der Waals surface area contributed by atoms with Crippen molar-refractivity contribution in [2.45, 2.75) is 12.7 Å². The van der Waals surface area contributed by atoms with Gasteiger partial charge in [-0.2, -0.15) is 11.8 Å². The fourth-order valence-electron chi connectivity index (χ4n) is 1.96. The number of thioether (sulfide) groups is 1. The number of urea groups is 1. The number of aromatic nitrogens is 2. The van der Waals surface area contributed by atoms with Crippen LogP contribution < -0.4 is 5.32 Å². The van der Waals surface area contributed by atoms with Crippen molar-refractivity contribution in [3.8, 4) is 0 Å². The van der Waals surface area contributed by atoms with Crippen molar-refractivity contribution in [1.82, 2.24) is 20.2 Å². The molecule has 2 N–H and O–H groups in total. The highest BCUT2D eigenvalue weighted by atomic mass is 32.2. The first-order valence-electron chi connectivity index (χ1n) is 6.78. The second kappa shape index (κ2) is 7.17. The number of H-pyrrole nitrogens is 1. The molecule has 0 bridgehead atoms. The molecule has 2 heterocycles. The van der Waals surface area contributed by atoms with Gasteiger partial charge in [-0.05, 0) is 6.92 Å². The van der Waals surface area contributed by atoms with Crippen LogP contribution in [0.3, 0.4) is 0 Å². The van der Waals surface area contributed by atoms with E-state index in [1.807, 2.05) is 6.92 Å². The minimum Gasteiger partial charge on any atom is -0.348 e. The number of nitrogens with one attached hydrogen (secondary N) is 2. The van der Waals surface area contributed by atoms with Crippen LogP contribution in [0, 0.1) is 6.92 Å². The van der Waals surface area contributed by atoms with Crippen LogP contribution >= 0.6 is 11.8 Å². The average Bonchev–Trinajstić information content (AvgIpc) is 2.84. The molecule has 1 aliphatic heterocycles. The molecule has 0 aliphatic carbocycles. The van der Waals surface area contributed by atoms with E-state index in [4.69, 9.17) is 0 Å². The van der Waals surface area contributed by atoms with E-state index in [1.54, 1.807) is 23.0 Å². The number of aryl methyl sites for hydroxylation is 1. The molecule has 0 atom stereocenters. The molecule has 7 nitrogen and oxygen atoms in total. The van der Waals surface area contributed by atoms with Gasteiger partial charge in [-0.3, -0.25) is 0 Å². The van der Waals surface area contributed by atoms with Crippen LogP contribution in [0.2, 0.25) is 0 Å². The number of imidazole rings is 1. The second-order valence-corrected chi connectivity index (χ2v) is 8.31. The van der Waals surface area contributed by atoms with Crippen LogP contribution in [0.5, 0.6) is 0 Å². The smallest absolute Gasteiger partial charge is 0.317 e. The van der Waals surface area contributed by atoms with E-state index >= 15 is 0 Å². The first-order chi connectivity index (χ1) is 9.98. The predicted octanol–water partition coefficient (Wildman–Crippen LogP) is 0.391. The zero-order chi connectivity index (χ0) is 15.3. The van der Waals surface area contributed by atoms with Crippen molar-refractivity contribution in [1.29, 1.82) is 0 Å². The number of carbonyl (C=O) groups is 1. The molecule has 1 saturated heterocycles. The van der Waals surface area contributed by atoms with Crippen LogP contribution in [0.4, 0.5) is 4.79 Å². The molecule has 1 aliphatic rings. The van der Waals surface area contributed by atoms with E-state index in [0.717, 1.165) is 22.9 Å². The molecule has 118 valence electrons.